The topological polar surface area (TPSA) is 50.6 Å². The molecule has 0 aliphatic carbocycles. The number of aryl methyl sites for hydroxylation is 1. The van der Waals surface area contributed by atoms with E-state index in [9.17, 15) is 4.79 Å². The lowest BCUT2D eigenvalue weighted by atomic mass is 10.0. The fourth-order valence-electron chi connectivity index (χ4n) is 3.51. The van der Waals surface area contributed by atoms with E-state index < -0.39 is 0 Å². The molecule has 1 aliphatic rings. The zero-order valence-corrected chi connectivity index (χ0v) is 16.1. The van der Waals surface area contributed by atoms with Crippen molar-refractivity contribution in [1.29, 1.82) is 0 Å². The van der Waals surface area contributed by atoms with Crippen molar-refractivity contribution < 1.29 is 9.53 Å². The van der Waals surface area contributed by atoms with Gasteiger partial charge >= 0.3 is 0 Å². The molecule has 3 rings (SSSR count). The second-order valence-electron chi connectivity index (χ2n) is 7.08. The van der Waals surface area contributed by atoms with E-state index in [-0.39, 0.29) is 11.9 Å². The fraction of sp³-hybridized carbons (Fsp3) is 0.500. The predicted molar refractivity (Wildman–Crippen MR) is 101 cm³/mol. The summed E-state index contributed by atoms with van der Waals surface area (Å²) in [7, 11) is 3.60. The van der Waals surface area contributed by atoms with Crippen LogP contribution in [0.15, 0.2) is 30.3 Å². The average Bonchev–Trinajstić information content (AvgIpc) is 2.90. The van der Waals surface area contributed by atoms with Crippen molar-refractivity contribution in [2.24, 2.45) is 0 Å². The first-order valence-electron chi connectivity index (χ1n) is 9.07. The summed E-state index contributed by atoms with van der Waals surface area (Å²) < 4.78 is 7.80. The minimum Gasteiger partial charge on any atom is -0.378 e. The number of hydrogen-bond acceptors (Lipinski definition) is 4. The van der Waals surface area contributed by atoms with Crippen LogP contribution >= 0.6 is 0 Å². The molecule has 0 N–H and O–H groups in total. The molecular weight excluding hydrogens is 328 g/mol. The van der Waals surface area contributed by atoms with Gasteiger partial charge in [-0.3, -0.25) is 14.4 Å². The highest BCUT2D eigenvalue weighted by Gasteiger charge is 2.31. The highest BCUT2D eigenvalue weighted by Crippen LogP contribution is 2.29. The van der Waals surface area contributed by atoms with Gasteiger partial charge < -0.3 is 9.64 Å². The Kier molecular flexibility index (Phi) is 5.74. The van der Waals surface area contributed by atoms with Crippen molar-refractivity contribution in [3.63, 3.8) is 0 Å². The largest absolute Gasteiger partial charge is 0.378 e. The normalized spacial score (nSPS) is 18.1. The summed E-state index contributed by atoms with van der Waals surface area (Å²) in [5.41, 5.74) is 4.57. The van der Waals surface area contributed by atoms with Gasteiger partial charge in [0.25, 0.3) is 0 Å². The molecule has 1 fully saturated rings. The summed E-state index contributed by atoms with van der Waals surface area (Å²) in [6, 6.07) is 10.4. The Balaban J connectivity index is 1.85. The van der Waals surface area contributed by atoms with Crippen molar-refractivity contribution in [3.8, 4) is 0 Å². The van der Waals surface area contributed by atoms with Crippen LogP contribution in [0, 0.1) is 13.8 Å². The van der Waals surface area contributed by atoms with Crippen molar-refractivity contribution in [3.05, 3.63) is 52.8 Å². The number of hydrogen-bond donors (Lipinski definition) is 0. The van der Waals surface area contributed by atoms with Crippen molar-refractivity contribution in [2.45, 2.75) is 26.4 Å². The highest BCUT2D eigenvalue weighted by molar-refractivity contribution is 5.77. The van der Waals surface area contributed by atoms with Crippen LogP contribution in [0.5, 0.6) is 0 Å². The SMILES string of the molecule is Cc1nn(Cc2ccccc2)c(C)c1C1COCCN1CC(=O)N(C)C. The molecule has 1 aromatic carbocycles. The Morgan fingerprint density at radius 1 is 1.27 bits per heavy atom. The first-order chi connectivity index (χ1) is 12.5. The van der Waals surface area contributed by atoms with Crippen LogP contribution in [0.3, 0.4) is 0 Å². The Morgan fingerprint density at radius 2 is 2.00 bits per heavy atom. The Labute approximate surface area is 155 Å². The van der Waals surface area contributed by atoms with Gasteiger partial charge in [-0.05, 0) is 19.4 Å². The zero-order valence-electron chi connectivity index (χ0n) is 16.1. The van der Waals surface area contributed by atoms with Crippen LogP contribution in [0.4, 0.5) is 0 Å². The van der Waals surface area contributed by atoms with Gasteiger partial charge in [0.15, 0.2) is 0 Å². The Morgan fingerprint density at radius 3 is 2.69 bits per heavy atom. The second-order valence-corrected chi connectivity index (χ2v) is 7.08. The molecule has 140 valence electrons. The number of carbonyl (C=O) groups is 1. The van der Waals surface area contributed by atoms with Gasteiger partial charge in [0.2, 0.25) is 5.91 Å². The van der Waals surface area contributed by atoms with E-state index in [1.54, 1.807) is 19.0 Å². The van der Waals surface area contributed by atoms with Gasteiger partial charge in [-0.25, -0.2) is 0 Å². The highest BCUT2D eigenvalue weighted by atomic mass is 16.5. The van der Waals surface area contributed by atoms with Crippen molar-refractivity contribution in [2.75, 3.05) is 40.4 Å². The smallest absolute Gasteiger partial charge is 0.236 e. The monoisotopic (exact) mass is 356 g/mol. The van der Waals surface area contributed by atoms with Crippen LogP contribution < -0.4 is 0 Å². The maximum atomic E-state index is 12.2. The minimum absolute atomic E-state index is 0.0668. The van der Waals surface area contributed by atoms with Crippen LogP contribution in [-0.4, -0.2) is 65.9 Å². The number of aromatic nitrogens is 2. The lowest BCUT2D eigenvalue weighted by Crippen LogP contribution is -2.45. The Hall–Kier alpha value is -2.18. The maximum Gasteiger partial charge on any atom is 0.236 e. The van der Waals surface area contributed by atoms with Crippen molar-refractivity contribution in [1.82, 2.24) is 19.6 Å². The summed E-state index contributed by atoms with van der Waals surface area (Å²) in [5, 5.41) is 4.77. The number of carbonyl (C=O) groups excluding carboxylic acids is 1. The number of nitrogens with zero attached hydrogens (tertiary/aromatic N) is 4. The molecule has 1 aromatic heterocycles. The number of ether oxygens (including phenoxy) is 1. The van der Waals surface area contributed by atoms with E-state index in [4.69, 9.17) is 9.84 Å². The molecule has 26 heavy (non-hydrogen) atoms. The zero-order chi connectivity index (χ0) is 18.7. The number of benzene rings is 1. The average molecular weight is 356 g/mol. The third-order valence-corrected chi connectivity index (χ3v) is 5.02. The lowest BCUT2D eigenvalue weighted by Gasteiger charge is -2.36. The fourth-order valence-corrected chi connectivity index (χ4v) is 3.51. The maximum absolute atomic E-state index is 12.2. The Bertz CT molecular complexity index is 755. The third kappa shape index (κ3) is 3.97. The van der Waals surface area contributed by atoms with Gasteiger partial charge in [-0.1, -0.05) is 30.3 Å². The number of amides is 1. The molecule has 1 saturated heterocycles. The van der Waals surface area contributed by atoms with Crippen LogP contribution in [-0.2, 0) is 16.1 Å². The van der Waals surface area contributed by atoms with Crippen LogP contribution in [0.25, 0.3) is 0 Å². The predicted octanol–water partition coefficient (Wildman–Crippen LogP) is 2.01. The quantitative estimate of drug-likeness (QED) is 0.822. The summed E-state index contributed by atoms with van der Waals surface area (Å²) in [6.45, 7) is 7.32. The first-order valence-corrected chi connectivity index (χ1v) is 9.07. The third-order valence-electron chi connectivity index (χ3n) is 5.02. The summed E-state index contributed by atoms with van der Waals surface area (Å²) in [5.74, 6) is 0.115. The van der Waals surface area contributed by atoms with E-state index in [0.717, 1.165) is 24.5 Å². The number of morpholine rings is 1. The molecule has 1 atom stereocenters. The molecule has 1 amide bonds. The van der Waals surface area contributed by atoms with Crippen LogP contribution in [0.2, 0.25) is 0 Å². The molecule has 2 heterocycles. The minimum atomic E-state index is 0.0668. The standard InChI is InChI=1S/C20H28N4O2/c1-15-20(16(2)24(21-15)12-17-8-6-5-7-9-17)18-14-26-11-10-23(18)13-19(25)22(3)4/h5-9,18H,10-14H2,1-4H3. The van der Waals surface area contributed by atoms with Gasteiger partial charge in [0.1, 0.15) is 0 Å². The molecule has 0 radical (unpaired) electrons. The van der Waals surface area contributed by atoms with Crippen molar-refractivity contribution >= 4 is 5.91 Å². The van der Waals surface area contributed by atoms with E-state index in [0.29, 0.717) is 19.8 Å². The molecule has 2 aromatic rings. The lowest BCUT2D eigenvalue weighted by molar-refractivity contribution is -0.132. The molecule has 6 nitrogen and oxygen atoms in total. The summed E-state index contributed by atoms with van der Waals surface area (Å²) >= 11 is 0. The van der Waals surface area contributed by atoms with E-state index in [2.05, 4.69) is 28.6 Å². The summed E-state index contributed by atoms with van der Waals surface area (Å²) in [6.07, 6.45) is 0. The molecule has 0 bridgehead atoms. The van der Waals surface area contributed by atoms with E-state index in [1.807, 2.05) is 25.1 Å². The van der Waals surface area contributed by atoms with E-state index in [1.165, 1.54) is 11.1 Å². The van der Waals surface area contributed by atoms with Gasteiger partial charge in [-0.2, -0.15) is 5.10 Å². The molecule has 1 unspecified atom stereocenters. The number of likely N-dealkylation sites (N-methyl/N-ethyl adjacent to an activating group) is 1. The first kappa shape index (κ1) is 18.6. The molecule has 0 spiro atoms. The van der Waals surface area contributed by atoms with Gasteiger partial charge in [-0.15, -0.1) is 0 Å². The van der Waals surface area contributed by atoms with E-state index >= 15 is 0 Å². The summed E-state index contributed by atoms with van der Waals surface area (Å²) in [4.78, 5) is 16.1. The molecule has 0 saturated carbocycles. The molecule has 1 aliphatic heterocycles. The van der Waals surface area contributed by atoms with Crippen LogP contribution in [0.1, 0.15) is 28.6 Å². The number of rotatable bonds is 5. The van der Waals surface area contributed by atoms with Gasteiger partial charge in [0.05, 0.1) is 38.0 Å². The second kappa shape index (κ2) is 8.01. The molecule has 6 heteroatoms. The molecular formula is C20H28N4O2. The van der Waals surface area contributed by atoms with Gasteiger partial charge in [0, 0.05) is 31.9 Å².